The number of carbonyl (C=O) groups excluding carboxylic acids is 2. The van der Waals surface area contributed by atoms with Crippen LogP contribution >= 0.6 is 0 Å². The van der Waals surface area contributed by atoms with E-state index in [0.29, 0.717) is 32.0 Å². The predicted molar refractivity (Wildman–Crippen MR) is 75.0 cm³/mol. The maximum atomic E-state index is 11.6. The minimum atomic E-state index is -0.367. The Balaban J connectivity index is 1.93. The third-order valence-corrected chi connectivity index (χ3v) is 2.52. The van der Waals surface area contributed by atoms with Crippen molar-refractivity contribution in [2.24, 2.45) is 0 Å². The van der Waals surface area contributed by atoms with Gasteiger partial charge in [-0.15, -0.1) is 0 Å². The average molecular weight is 296 g/mol. The molecule has 0 unspecified atom stereocenters. The summed E-state index contributed by atoms with van der Waals surface area (Å²) < 4.78 is 19.9. The number of carbonyl (C=O) groups is 2. The molecular formula is C15H20O6. The molecule has 0 heterocycles. The molecule has 6 nitrogen and oxygen atoms in total. The molecule has 21 heavy (non-hydrogen) atoms. The third-order valence-electron chi connectivity index (χ3n) is 2.52. The Morgan fingerprint density at radius 2 is 1.52 bits per heavy atom. The van der Waals surface area contributed by atoms with Crippen LogP contribution in [0.25, 0.3) is 0 Å². The minimum Gasteiger partial charge on any atom is -0.469 e. The van der Waals surface area contributed by atoms with Gasteiger partial charge in [-0.2, -0.15) is 0 Å². The molecule has 0 saturated carbocycles. The molecule has 0 amide bonds. The van der Waals surface area contributed by atoms with Gasteiger partial charge in [0.2, 0.25) is 0 Å². The number of benzene rings is 1. The molecule has 0 aliphatic rings. The number of esters is 2. The van der Waals surface area contributed by atoms with Gasteiger partial charge in [-0.3, -0.25) is 4.79 Å². The van der Waals surface area contributed by atoms with E-state index in [-0.39, 0.29) is 25.0 Å². The van der Waals surface area contributed by atoms with Crippen LogP contribution in [0.5, 0.6) is 0 Å². The predicted octanol–water partition coefficient (Wildman–Crippen LogP) is 1.44. The fourth-order valence-electron chi connectivity index (χ4n) is 1.43. The van der Waals surface area contributed by atoms with Crippen LogP contribution in [-0.2, 0) is 23.7 Å². The van der Waals surface area contributed by atoms with Crippen LogP contribution in [0, 0.1) is 0 Å². The largest absolute Gasteiger partial charge is 0.469 e. The minimum absolute atomic E-state index is 0.190. The molecule has 0 aliphatic carbocycles. The maximum Gasteiger partial charge on any atom is 0.338 e. The van der Waals surface area contributed by atoms with Crippen LogP contribution < -0.4 is 0 Å². The molecule has 1 rings (SSSR count). The van der Waals surface area contributed by atoms with Gasteiger partial charge < -0.3 is 18.9 Å². The molecule has 116 valence electrons. The molecule has 6 heteroatoms. The maximum absolute atomic E-state index is 11.6. The second-order valence-corrected chi connectivity index (χ2v) is 4.05. The fraction of sp³-hybridized carbons (Fsp3) is 0.467. The first-order chi connectivity index (χ1) is 10.2. The van der Waals surface area contributed by atoms with E-state index in [0.717, 1.165) is 0 Å². The summed E-state index contributed by atoms with van der Waals surface area (Å²) in [5.41, 5.74) is 0.517. The van der Waals surface area contributed by atoms with E-state index in [2.05, 4.69) is 4.74 Å². The summed E-state index contributed by atoms with van der Waals surface area (Å²) in [5, 5.41) is 0. The van der Waals surface area contributed by atoms with Gasteiger partial charge in [0.25, 0.3) is 0 Å². The van der Waals surface area contributed by atoms with Crippen LogP contribution in [0.1, 0.15) is 16.8 Å². The van der Waals surface area contributed by atoms with Gasteiger partial charge in [0.1, 0.15) is 6.61 Å². The van der Waals surface area contributed by atoms with Gasteiger partial charge in [-0.25, -0.2) is 4.79 Å². The molecule has 0 spiro atoms. The zero-order chi connectivity index (χ0) is 15.3. The van der Waals surface area contributed by atoms with Crippen molar-refractivity contribution < 1.29 is 28.5 Å². The number of ether oxygens (including phenoxy) is 4. The Kier molecular flexibility index (Phi) is 8.83. The highest BCUT2D eigenvalue weighted by atomic mass is 16.6. The second kappa shape index (κ2) is 10.8. The molecule has 0 bridgehead atoms. The van der Waals surface area contributed by atoms with Crippen molar-refractivity contribution in [1.29, 1.82) is 0 Å². The van der Waals surface area contributed by atoms with Crippen LogP contribution in [0.4, 0.5) is 0 Å². The van der Waals surface area contributed by atoms with E-state index in [1.54, 1.807) is 24.3 Å². The van der Waals surface area contributed by atoms with Crippen molar-refractivity contribution in [3.63, 3.8) is 0 Å². The number of rotatable bonds is 10. The van der Waals surface area contributed by atoms with Crippen molar-refractivity contribution in [1.82, 2.24) is 0 Å². The van der Waals surface area contributed by atoms with E-state index >= 15 is 0 Å². The van der Waals surface area contributed by atoms with Gasteiger partial charge >= 0.3 is 11.9 Å². The lowest BCUT2D eigenvalue weighted by Gasteiger charge is -2.06. The first kappa shape index (κ1) is 17.1. The first-order valence-electron chi connectivity index (χ1n) is 6.68. The quantitative estimate of drug-likeness (QED) is 0.480. The summed E-state index contributed by atoms with van der Waals surface area (Å²) in [4.78, 5) is 22.3. The summed E-state index contributed by atoms with van der Waals surface area (Å²) in [6, 6.07) is 8.77. The first-order valence-corrected chi connectivity index (χ1v) is 6.68. The Bertz CT molecular complexity index is 417. The van der Waals surface area contributed by atoms with Crippen molar-refractivity contribution in [3.8, 4) is 0 Å². The Labute approximate surface area is 123 Å². The summed E-state index contributed by atoms with van der Waals surface area (Å²) in [5.74, 6) is -0.669. The van der Waals surface area contributed by atoms with E-state index in [1.807, 2.05) is 6.07 Å². The van der Waals surface area contributed by atoms with Crippen LogP contribution in [0.3, 0.4) is 0 Å². The average Bonchev–Trinajstić information content (AvgIpc) is 2.53. The van der Waals surface area contributed by atoms with Crippen molar-refractivity contribution >= 4 is 11.9 Å². The molecule has 0 fully saturated rings. The zero-order valence-corrected chi connectivity index (χ0v) is 12.1. The number of hydrogen-bond acceptors (Lipinski definition) is 6. The summed E-state index contributed by atoms with van der Waals surface area (Å²) in [7, 11) is 1.34. The van der Waals surface area contributed by atoms with Crippen molar-refractivity contribution in [3.05, 3.63) is 35.9 Å². The van der Waals surface area contributed by atoms with E-state index in [4.69, 9.17) is 14.2 Å². The lowest BCUT2D eigenvalue weighted by molar-refractivity contribution is -0.141. The Hall–Kier alpha value is -1.92. The lowest BCUT2D eigenvalue weighted by Crippen LogP contribution is -2.13. The molecule has 0 N–H and O–H groups in total. The summed E-state index contributed by atoms with van der Waals surface area (Å²) >= 11 is 0. The highest BCUT2D eigenvalue weighted by molar-refractivity contribution is 5.89. The molecule has 0 radical (unpaired) electrons. The molecule has 0 atom stereocenters. The zero-order valence-electron chi connectivity index (χ0n) is 12.1. The van der Waals surface area contributed by atoms with Crippen LogP contribution in [0.15, 0.2) is 30.3 Å². The van der Waals surface area contributed by atoms with Crippen molar-refractivity contribution in [2.75, 3.05) is 40.1 Å². The smallest absolute Gasteiger partial charge is 0.338 e. The highest BCUT2D eigenvalue weighted by Gasteiger charge is 2.05. The van der Waals surface area contributed by atoms with Gasteiger partial charge in [0.05, 0.1) is 45.5 Å². The normalized spacial score (nSPS) is 10.1. The monoisotopic (exact) mass is 296 g/mol. The lowest BCUT2D eigenvalue weighted by atomic mass is 10.2. The molecule has 0 aromatic heterocycles. The van der Waals surface area contributed by atoms with E-state index in [1.165, 1.54) is 7.11 Å². The second-order valence-electron chi connectivity index (χ2n) is 4.05. The fourth-order valence-corrected chi connectivity index (χ4v) is 1.43. The molecule has 1 aromatic carbocycles. The van der Waals surface area contributed by atoms with Crippen molar-refractivity contribution in [2.45, 2.75) is 6.42 Å². The molecule has 0 saturated heterocycles. The SMILES string of the molecule is COC(=O)CCOCCOCCOC(=O)c1ccccc1. The van der Waals surface area contributed by atoms with E-state index < -0.39 is 0 Å². The third kappa shape index (κ3) is 8.06. The van der Waals surface area contributed by atoms with Crippen LogP contribution in [-0.4, -0.2) is 52.1 Å². The van der Waals surface area contributed by atoms with Crippen LogP contribution in [0.2, 0.25) is 0 Å². The highest BCUT2D eigenvalue weighted by Crippen LogP contribution is 2.00. The summed E-state index contributed by atoms with van der Waals surface area (Å²) in [6.45, 7) is 1.56. The Morgan fingerprint density at radius 3 is 2.19 bits per heavy atom. The number of methoxy groups -OCH3 is 1. The van der Waals surface area contributed by atoms with Gasteiger partial charge in [0.15, 0.2) is 0 Å². The Morgan fingerprint density at radius 1 is 0.905 bits per heavy atom. The van der Waals surface area contributed by atoms with Gasteiger partial charge in [-0.05, 0) is 12.1 Å². The topological polar surface area (TPSA) is 71.1 Å². The van der Waals surface area contributed by atoms with Gasteiger partial charge in [-0.1, -0.05) is 18.2 Å². The van der Waals surface area contributed by atoms with Gasteiger partial charge in [0, 0.05) is 0 Å². The standard InChI is InChI=1S/C15H20O6/c1-18-14(16)7-8-19-9-10-20-11-12-21-15(17)13-5-3-2-4-6-13/h2-6H,7-12H2,1H3. The molecule has 1 aromatic rings. The number of hydrogen-bond donors (Lipinski definition) is 0. The molecule has 0 aliphatic heterocycles. The molecular weight excluding hydrogens is 276 g/mol. The summed E-state index contributed by atoms with van der Waals surface area (Å²) in [6.07, 6.45) is 0.227. The van der Waals surface area contributed by atoms with E-state index in [9.17, 15) is 9.59 Å².